The second kappa shape index (κ2) is 6.53. The molecule has 1 heterocycles. The largest absolute Gasteiger partial charge is 0.506 e. The zero-order chi connectivity index (χ0) is 16.3. The van der Waals surface area contributed by atoms with Crippen LogP contribution in [-0.4, -0.2) is 18.5 Å². The number of hydrogen-bond acceptors (Lipinski definition) is 5. The van der Waals surface area contributed by atoms with E-state index in [-0.39, 0.29) is 32.8 Å². The molecule has 0 saturated carbocycles. The number of nitrogens with zero attached hydrogens (tertiary/aromatic N) is 2. The third-order valence-corrected chi connectivity index (χ3v) is 4.66. The summed E-state index contributed by atoms with van der Waals surface area (Å²) in [6.45, 7) is 0. The second-order valence-corrected chi connectivity index (χ2v) is 7.55. The highest BCUT2D eigenvalue weighted by atomic mass is 35.5. The fourth-order valence-corrected chi connectivity index (χ4v) is 3.71. The Labute approximate surface area is 137 Å². The maximum Gasteiger partial charge on any atom is 0.160 e. The Kier molecular flexibility index (Phi) is 4.91. The average molecular weight is 357 g/mol. The van der Waals surface area contributed by atoms with Gasteiger partial charge in [0.25, 0.3) is 0 Å². The van der Waals surface area contributed by atoms with Gasteiger partial charge in [0.2, 0.25) is 0 Å². The molecule has 0 fully saturated rings. The van der Waals surface area contributed by atoms with Crippen LogP contribution in [0.5, 0.6) is 5.75 Å². The van der Waals surface area contributed by atoms with E-state index in [2.05, 4.69) is 4.98 Å². The summed E-state index contributed by atoms with van der Waals surface area (Å²) in [5, 5.41) is 19.0. The van der Waals surface area contributed by atoms with Crippen molar-refractivity contribution in [3.8, 4) is 11.8 Å². The van der Waals surface area contributed by atoms with E-state index >= 15 is 0 Å². The van der Waals surface area contributed by atoms with Crippen molar-refractivity contribution in [1.29, 1.82) is 5.26 Å². The molecule has 0 aliphatic heterocycles. The average Bonchev–Trinajstić information content (AvgIpc) is 2.40. The molecule has 0 amide bonds. The zero-order valence-corrected chi connectivity index (χ0v) is 13.5. The van der Waals surface area contributed by atoms with Gasteiger partial charge in [-0.15, -0.1) is 0 Å². The van der Waals surface area contributed by atoms with E-state index in [1.807, 2.05) is 6.07 Å². The van der Waals surface area contributed by atoms with Crippen LogP contribution in [-0.2, 0) is 21.3 Å². The van der Waals surface area contributed by atoms with Crippen LogP contribution in [0, 0.1) is 11.3 Å². The Hall–Kier alpha value is -1.81. The first-order valence-corrected chi connectivity index (χ1v) is 8.60. The zero-order valence-electron chi connectivity index (χ0n) is 11.1. The summed E-state index contributed by atoms with van der Waals surface area (Å²) in [5.74, 6) is -1.03. The van der Waals surface area contributed by atoms with Gasteiger partial charge in [0.15, 0.2) is 9.84 Å². The molecule has 5 nitrogen and oxygen atoms in total. The van der Waals surface area contributed by atoms with Gasteiger partial charge in [-0.1, -0.05) is 23.2 Å². The van der Waals surface area contributed by atoms with Gasteiger partial charge in [0.1, 0.15) is 5.75 Å². The molecule has 114 valence electrons. The number of halogens is 2. The lowest BCUT2D eigenvalue weighted by Crippen LogP contribution is -2.09. The molecule has 1 N–H and O–H groups in total. The number of aromatic hydroxyl groups is 1. The van der Waals surface area contributed by atoms with Gasteiger partial charge in [0.05, 0.1) is 33.9 Å². The van der Waals surface area contributed by atoms with Crippen LogP contribution < -0.4 is 0 Å². The third kappa shape index (κ3) is 4.34. The normalized spacial score (nSPS) is 11.1. The van der Waals surface area contributed by atoms with E-state index in [0.717, 1.165) is 0 Å². The third-order valence-electron chi connectivity index (χ3n) is 2.74. The summed E-state index contributed by atoms with van der Waals surface area (Å²) in [7, 11) is -3.60. The number of hydrogen-bond donors (Lipinski definition) is 1. The second-order valence-electron chi connectivity index (χ2n) is 4.61. The van der Waals surface area contributed by atoms with Crippen LogP contribution in [0.1, 0.15) is 16.8 Å². The standard InChI is InChI=1S/C14H10Cl2N2O3S/c15-11-2-9(5-17)1-10(3-11)7-22(20,21)8-13-14(19)4-12(16)6-18-13/h1-4,6,19H,7-8H2. The maximum atomic E-state index is 12.2. The Balaban J connectivity index is 2.25. The van der Waals surface area contributed by atoms with Gasteiger partial charge in [-0.2, -0.15) is 5.26 Å². The summed E-state index contributed by atoms with van der Waals surface area (Å²) in [6, 6.07) is 7.53. The number of benzene rings is 1. The Morgan fingerprint density at radius 1 is 1.14 bits per heavy atom. The molecule has 0 aliphatic carbocycles. The monoisotopic (exact) mass is 356 g/mol. The molecule has 22 heavy (non-hydrogen) atoms. The molecule has 2 aromatic rings. The van der Waals surface area contributed by atoms with E-state index in [0.29, 0.717) is 5.56 Å². The summed E-state index contributed by atoms with van der Waals surface area (Å²) in [5.41, 5.74) is 0.703. The lowest BCUT2D eigenvalue weighted by atomic mass is 10.1. The molecule has 0 atom stereocenters. The molecule has 0 spiro atoms. The molecule has 8 heteroatoms. The van der Waals surface area contributed by atoms with Crippen LogP contribution >= 0.6 is 23.2 Å². The van der Waals surface area contributed by atoms with Crippen molar-refractivity contribution >= 4 is 33.0 Å². The summed E-state index contributed by atoms with van der Waals surface area (Å²) >= 11 is 11.5. The number of pyridine rings is 1. The molecule has 1 aromatic heterocycles. The first-order chi connectivity index (χ1) is 10.3. The predicted molar refractivity (Wildman–Crippen MR) is 83.4 cm³/mol. The SMILES string of the molecule is N#Cc1cc(Cl)cc(CS(=O)(=O)Cc2ncc(Cl)cc2O)c1. The van der Waals surface area contributed by atoms with Crippen molar-refractivity contribution in [2.24, 2.45) is 0 Å². The molecular weight excluding hydrogens is 347 g/mol. The summed E-state index contributed by atoms with van der Waals surface area (Å²) < 4.78 is 24.4. The molecule has 2 rings (SSSR count). The van der Waals surface area contributed by atoms with Gasteiger partial charge in [0, 0.05) is 17.3 Å². The quantitative estimate of drug-likeness (QED) is 0.908. The molecule has 0 radical (unpaired) electrons. The molecule has 0 saturated heterocycles. The van der Waals surface area contributed by atoms with Crippen molar-refractivity contribution in [2.45, 2.75) is 11.5 Å². The van der Waals surface area contributed by atoms with Crippen LogP contribution in [0.3, 0.4) is 0 Å². The van der Waals surface area contributed by atoms with Crippen LogP contribution in [0.4, 0.5) is 0 Å². The number of sulfone groups is 1. The number of rotatable bonds is 4. The van der Waals surface area contributed by atoms with E-state index in [1.165, 1.54) is 30.5 Å². The van der Waals surface area contributed by atoms with E-state index in [1.54, 1.807) is 0 Å². The molecular formula is C14H10Cl2N2O3S. The Morgan fingerprint density at radius 2 is 1.86 bits per heavy atom. The van der Waals surface area contributed by atoms with Crippen molar-refractivity contribution in [3.05, 3.63) is 57.3 Å². The molecule has 0 unspecified atom stereocenters. The molecule has 1 aromatic carbocycles. The smallest absolute Gasteiger partial charge is 0.160 e. The van der Waals surface area contributed by atoms with Crippen LogP contribution in [0.15, 0.2) is 30.5 Å². The minimum atomic E-state index is -3.60. The number of nitriles is 1. The molecule has 0 aliphatic rings. The van der Waals surface area contributed by atoms with Gasteiger partial charge >= 0.3 is 0 Å². The van der Waals surface area contributed by atoms with Gasteiger partial charge < -0.3 is 5.11 Å². The maximum absolute atomic E-state index is 12.2. The summed E-state index contributed by atoms with van der Waals surface area (Å²) in [4.78, 5) is 3.82. The van der Waals surface area contributed by atoms with E-state index < -0.39 is 15.6 Å². The predicted octanol–water partition coefficient (Wildman–Crippen LogP) is 3.08. The van der Waals surface area contributed by atoms with Crippen molar-refractivity contribution in [2.75, 3.05) is 0 Å². The fourth-order valence-electron chi connectivity index (χ4n) is 1.88. The summed E-state index contributed by atoms with van der Waals surface area (Å²) in [6.07, 6.45) is 1.26. The topological polar surface area (TPSA) is 91.0 Å². The first-order valence-electron chi connectivity index (χ1n) is 6.02. The highest BCUT2D eigenvalue weighted by Crippen LogP contribution is 2.23. The van der Waals surface area contributed by atoms with Gasteiger partial charge in [-0.3, -0.25) is 4.98 Å². The highest BCUT2D eigenvalue weighted by Gasteiger charge is 2.17. The van der Waals surface area contributed by atoms with E-state index in [9.17, 15) is 13.5 Å². The number of aromatic nitrogens is 1. The molecule has 0 bridgehead atoms. The minimum absolute atomic E-state index is 0.0203. The van der Waals surface area contributed by atoms with Crippen LogP contribution in [0.2, 0.25) is 10.0 Å². The van der Waals surface area contributed by atoms with Gasteiger partial charge in [-0.05, 0) is 23.8 Å². The fraction of sp³-hybridized carbons (Fsp3) is 0.143. The lowest BCUT2D eigenvalue weighted by Gasteiger charge is -2.07. The first kappa shape index (κ1) is 16.6. The van der Waals surface area contributed by atoms with Crippen LogP contribution in [0.25, 0.3) is 0 Å². The van der Waals surface area contributed by atoms with Gasteiger partial charge in [-0.25, -0.2) is 8.42 Å². The minimum Gasteiger partial charge on any atom is -0.506 e. The Bertz CT molecular complexity index is 861. The van der Waals surface area contributed by atoms with E-state index in [4.69, 9.17) is 28.5 Å². The van der Waals surface area contributed by atoms with Crippen molar-refractivity contribution in [3.63, 3.8) is 0 Å². The Morgan fingerprint density at radius 3 is 2.50 bits per heavy atom. The van der Waals surface area contributed by atoms with Crippen molar-refractivity contribution < 1.29 is 13.5 Å². The highest BCUT2D eigenvalue weighted by molar-refractivity contribution is 7.89. The lowest BCUT2D eigenvalue weighted by molar-refractivity contribution is 0.466. The van der Waals surface area contributed by atoms with Crippen molar-refractivity contribution in [1.82, 2.24) is 4.98 Å².